The van der Waals surface area contributed by atoms with E-state index in [2.05, 4.69) is 22.8 Å². The second-order valence-corrected chi connectivity index (χ2v) is 4.33. The largest absolute Gasteiger partial charge is 0.326 e. The van der Waals surface area contributed by atoms with Crippen LogP contribution >= 0.6 is 12.4 Å². The maximum absolute atomic E-state index is 11.0. The highest BCUT2D eigenvalue weighted by atomic mass is 35.5. The van der Waals surface area contributed by atoms with E-state index in [9.17, 15) is 4.79 Å². The standard InChI is InChI=1S/C13H18N2O.ClH/c1-10(16)15-13-4-2-3-12(9-13)11-5-7-14-8-6-11;/h2-4,9,11,14H,5-8H2,1H3,(H,15,16);1H. The van der Waals surface area contributed by atoms with Gasteiger partial charge < -0.3 is 10.6 Å². The van der Waals surface area contributed by atoms with Gasteiger partial charge in [0.1, 0.15) is 0 Å². The van der Waals surface area contributed by atoms with Crippen LogP contribution < -0.4 is 10.6 Å². The van der Waals surface area contributed by atoms with E-state index < -0.39 is 0 Å². The zero-order chi connectivity index (χ0) is 11.4. The Morgan fingerprint density at radius 1 is 1.35 bits per heavy atom. The number of rotatable bonds is 2. The molecule has 1 fully saturated rings. The number of carbonyl (C=O) groups is 1. The molecule has 2 rings (SSSR count). The zero-order valence-corrected chi connectivity index (χ0v) is 10.8. The van der Waals surface area contributed by atoms with Gasteiger partial charge in [-0.25, -0.2) is 0 Å². The molecule has 1 heterocycles. The zero-order valence-electron chi connectivity index (χ0n) is 10.0. The first-order valence-corrected chi connectivity index (χ1v) is 5.84. The van der Waals surface area contributed by atoms with Crippen LogP contribution in [0, 0.1) is 0 Å². The van der Waals surface area contributed by atoms with Crippen molar-refractivity contribution in [2.45, 2.75) is 25.7 Å². The van der Waals surface area contributed by atoms with E-state index in [-0.39, 0.29) is 18.3 Å². The molecule has 17 heavy (non-hydrogen) atoms. The number of halogens is 1. The van der Waals surface area contributed by atoms with Gasteiger partial charge in [0, 0.05) is 12.6 Å². The lowest BCUT2D eigenvalue weighted by Gasteiger charge is -2.23. The number of carbonyl (C=O) groups excluding carboxylic acids is 1. The van der Waals surface area contributed by atoms with Crippen molar-refractivity contribution in [1.29, 1.82) is 0 Å². The van der Waals surface area contributed by atoms with Crippen LogP contribution in [0.2, 0.25) is 0 Å². The molecular formula is C13H19ClN2O. The van der Waals surface area contributed by atoms with Crippen molar-refractivity contribution in [3.05, 3.63) is 29.8 Å². The fourth-order valence-corrected chi connectivity index (χ4v) is 2.23. The van der Waals surface area contributed by atoms with Crippen molar-refractivity contribution in [1.82, 2.24) is 5.32 Å². The number of nitrogens with one attached hydrogen (secondary N) is 2. The number of hydrogen-bond donors (Lipinski definition) is 2. The van der Waals surface area contributed by atoms with Gasteiger partial charge in [0.05, 0.1) is 0 Å². The van der Waals surface area contributed by atoms with Crippen LogP contribution in [-0.2, 0) is 4.79 Å². The monoisotopic (exact) mass is 254 g/mol. The summed E-state index contributed by atoms with van der Waals surface area (Å²) in [5.41, 5.74) is 2.25. The van der Waals surface area contributed by atoms with Gasteiger partial charge in [0.15, 0.2) is 0 Å². The average molecular weight is 255 g/mol. The second-order valence-electron chi connectivity index (χ2n) is 4.33. The van der Waals surface area contributed by atoms with Gasteiger partial charge in [-0.2, -0.15) is 0 Å². The molecule has 1 saturated heterocycles. The molecule has 4 heteroatoms. The Bertz CT molecular complexity index is 375. The Morgan fingerprint density at radius 3 is 2.71 bits per heavy atom. The molecule has 0 bridgehead atoms. The SMILES string of the molecule is CC(=O)Nc1cccc(C2CCNCC2)c1.Cl. The number of benzene rings is 1. The van der Waals surface area contributed by atoms with Gasteiger partial charge >= 0.3 is 0 Å². The smallest absolute Gasteiger partial charge is 0.221 e. The van der Waals surface area contributed by atoms with Gasteiger partial charge in [-0.1, -0.05) is 12.1 Å². The van der Waals surface area contributed by atoms with E-state index in [1.54, 1.807) is 0 Å². The van der Waals surface area contributed by atoms with Crippen molar-refractivity contribution in [2.75, 3.05) is 18.4 Å². The molecule has 2 N–H and O–H groups in total. The molecule has 0 atom stereocenters. The highest BCUT2D eigenvalue weighted by Gasteiger charge is 2.15. The molecule has 1 aliphatic heterocycles. The van der Waals surface area contributed by atoms with Crippen molar-refractivity contribution in [3.8, 4) is 0 Å². The van der Waals surface area contributed by atoms with E-state index in [4.69, 9.17) is 0 Å². The summed E-state index contributed by atoms with van der Waals surface area (Å²) >= 11 is 0. The number of anilines is 1. The average Bonchev–Trinajstić information content (AvgIpc) is 2.30. The minimum absolute atomic E-state index is 0. The van der Waals surface area contributed by atoms with E-state index in [1.165, 1.54) is 25.3 Å². The first-order valence-electron chi connectivity index (χ1n) is 5.84. The van der Waals surface area contributed by atoms with Crippen LogP contribution in [0.25, 0.3) is 0 Å². The quantitative estimate of drug-likeness (QED) is 0.852. The van der Waals surface area contributed by atoms with Crippen LogP contribution in [-0.4, -0.2) is 19.0 Å². The highest BCUT2D eigenvalue weighted by Crippen LogP contribution is 2.26. The summed E-state index contributed by atoms with van der Waals surface area (Å²) in [6, 6.07) is 8.20. The van der Waals surface area contributed by atoms with Crippen LogP contribution in [0.1, 0.15) is 31.2 Å². The Hall–Kier alpha value is -1.06. The summed E-state index contributed by atoms with van der Waals surface area (Å²) in [4.78, 5) is 11.0. The van der Waals surface area contributed by atoms with Crippen LogP contribution in [0.4, 0.5) is 5.69 Å². The Kier molecular flexibility index (Phi) is 5.45. The Morgan fingerprint density at radius 2 is 2.06 bits per heavy atom. The highest BCUT2D eigenvalue weighted by molar-refractivity contribution is 5.88. The van der Waals surface area contributed by atoms with Crippen LogP contribution in [0.15, 0.2) is 24.3 Å². The minimum atomic E-state index is -0.0116. The topological polar surface area (TPSA) is 41.1 Å². The van der Waals surface area contributed by atoms with Gasteiger partial charge in [0.2, 0.25) is 5.91 Å². The van der Waals surface area contributed by atoms with E-state index >= 15 is 0 Å². The molecule has 0 aromatic heterocycles. The van der Waals surface area contributed by atoms with Gasteiger partial charge in [-0.3, -0.25) is 4.79 Å². The van der Waals surface area contributed by atoms with Gasteiger partial charge in [0.25, 0.3) is 0 Å². The molecular weight excluding hydrogens is 236 g/mol. The molecule has 0 unspecified atom stereocenters. The summed E-state index contributed by atoms with van der Waals surface area (Å²) in [7, 11) is 0. The van der Waals surface area contributed by atoms with Crippen molar-refractivity contribution >= 4 is 24.0 Å². The molecule has 0 radical (unpaired) electrons. The summed E-state index contributed by atoms with van der Waals surface area (Å²) in [6.45, 7) is 3.72. The fourth-order valence-electron chi connectivity index (χ4n) is 2.23. The number of hydrogen-bond acceptors (Lipinski definition) is 2. The molecule has 1 aliphatic rings. The summed E-state index contributed by atoms with van der Waals surface area (Å²) in [5, 5.41) is 6.19. The molecule has 1 aromatic carbocycles. The normalized spacial score (nSPS) is 16.1. The fraction of sp³-hybridized carbons (Fsp3) is 0.462. The van der Waals surface area contributed by atoms with Crippen molar-refractivity contribution in [3.63, 3.8) is 0 Å². The number of amides is 1. The Balaban J connectivity index is 0.00000144. The van der Waals surface area contributed by atoms with Crippen LogP contribution in [0.3, 0.4) is 0 Å². The number of piperidine rings is 1. The summed E-state index contributed by atoms with van der Waals surface area (Å²) < 4.78 is 0. The molecule has 1 aromatic rings. The van der Waals surface area contributed by atoms with Gasteiger partial charge in [-0.15, -0.1) is 12.4 Å². The second kappa shape index (κ2) is 6.62. The van der Waals surface area contributed by atoms with Crippen molar-refractivity contribution in [2.24, 2.45) is 0 Å². The predicted molar refractivity (Wildman–Crippen MR) is 72.8 cm³/mol. The third-order valence-electron chi connectivity index (χ3n) is 3.02. The Labute approximate surface area is 108 Å². The third kappa shape index (κ3) is 4.02. The molecule has 94 valence electrons. The lowest BCUT2D eigenvalue weighted by molar-refractivity contribution is -0.114. The summed E-state index contributed by atoms with van der Waals surface area (Å²) in [6.07, 6.45) is 2.37. The summed E-state index contributed by atoms with van der Waals surface area (Å²) in [5.74, 6) is 0.623. The predicted octanol–water partition coefficient (Wildman–Crippen LogP) is 2.53. The molecule has 0 spiro atoms. The lowest BCUT2D eigenvalue weighted by Crippen LogP contribution is -2.26. The molecule has 0 aliphatic carbocycles. The van der Waals surface area contributed by atoms with Crippen molar-refractivity contribution < 1.29 is 4.79 Å². The van der Waals surface area contributed by atoms with E-state index in [1.807, 2.05) is 12.1 Å². The van der Waals surface area contributed by atoms with E-state index in [0.29, 0.717) is 5.92 Å². The molecule has 3 nitrogen and oxygen atoms in total. The molecule has 1 amide bonds. The van der Waals surface area contributed by atoms with Crippen LogP contribution in [0.5, 0.6) is 0 Å². The third-order valence-corrected chi connectivity index (χ3v) is 3.02. The molecule has 0 saturated carbocycles. The maximum atomic E-state index is 11.0. The minimum Gasteiger partial charge on any atom is -0.326 e. The lowest BCUT2D eigenvalue weighted by atomic mass is 9.90. The van der Waals surface area contributed by atoms with E-state index in [0.717, 1.165) is 18.8 Å². The maximum Gasteiger partial charge on any atom is 0.221 e. The first kappa shape index (κ1) is 14.0. The van der Waals surface area contributed by atoms with Gasteiger partial charge in [-0.05, 0) is 49.5 Å². The first-order chi connectivity index (χ1) is 7.75.